The Hall–Kier alpha value is -1.69. The minimum atomic E-state index is 0.0156. The summed E-state index contributed by atoms with van der Waals surface area (Å²) >= 11 is 0. The van der Waals surface area contributed by atoms with Crippen LogP contribution in [0, 0.1) is 0 Å². The smallest absolute Gasteiger partial charge is 0.272 e. The van der Waals surface area contributed by atoms with Crippen LogP contribution in [0.5, 0.6) is 0 Å². The van der Waals surface area contributed by atoms with E-state index in [9.17, 15) is 4.79 Å². The first-order valence-electron chi connectivity index (χ1n) is 7.35. The van der Waals surface area contributed by atoms with Crippen LogP contribution in [0.15, 0.2) is 12.3 Å². The highest BCUT2D eigenvalue weighted by atomic mass is 16.2. The van der Waals surface area contributed by atoms with Crippen LogP contribution in [-0.2, 0) is 0 Å². The molecule has 1 aromatic rings. The number of carbonyl (C=O) groups is 1. The fraction of sp³-hybridized carbons (Fsp3) is 0.643. The molecule has 0 aromatic carbocycles. The Morgan fingerprint density at radius 1 is 1.35 bits per heavy atom. The van der Waals surface area contributed by atoms with Gasteiger partial charge in [-0.2, -0.15) is 0 Å². The molecule has 0 radical (unpaired) electrons. The summed E-state index contributed by atoms with van der Waals surface area (Å²) in [6, 6.07) is 1.93. The van der Waals surface area contributed by atoms with Gasteiger partial charge in [-0.05, 0) is 25.8 Å². The Balaban J connectivity index is 1.78. The summed E-state index contributed by atoms with van der Waals surface area (Å²) in [5.74, 6) is 0.706. The van der Waals surface area contributed by atoms with Gasteiger partial charge in [-0.3, -0.25) is 4.79 Å². The SMILES string of the molecule is C[C@@H]1CNCCN1C(=O)c1ccnc(N2CCCC2)n1. The van der Waals surface area contributed by atoms with Crippen LogP contribution in [0.1, 0.15) is 30.3 Å². The van der Waals surface area contributed by atoms with Crippen molar-refractivity contribution in [3.8, 4) is 0 Å². The Kier molecular flexibility index (Phi) is 3.82. The fourth-order valence-electron chi connectivity index (χ4n) is 2.83. The first-order chi connectivity index (χ1) is 9.75. The second-order valence-corrected chi connectivity index (χ2v) is 5.49. The normalized spacial score (nSPS) is 23.1. The third kappa shape index (κ3) is 2.60. The standard InChI is InChI=1S/C14H21N5O/c1-11-10-15-6-9-19(11)13(20)12-4-5-16-14(17-12)18-7-2-3-8-18/h4-5,11,15H,2-3,6-10H2,1H3/t11-/m1/s1. The molecule has 0 spiro atoms. The summed E-state index contributed by atoms with van der Waals surface area (Å²) in [5, 5.41) is 3.29. The monoisotopic (exact) mass is 275 g/mol. The van der Waals surface area contributed by atoms with Crippen molar-refractivity contribution in [3.63, 3.8) is 0 Å². The van der Waals surface area contributed by atoms with Crippen LogP contribution in [0.2, 0.25) is 0 Å². The van der Waals surface area contributed by atoms with Crippen LogP contribution in [-0.4, -0.2) is 59.5 Å². The Morgan fingerprint density at radius 2 is 2.15 bits per heavy atom. The van der Waals surface area contributed by atoms with Gasteiger partial charge in [0, 0.05) is 45.0 Å². The third-order valence-electron chi connectivity index (χ3n) is 4.01. The zero-order valence-electron chi connectivity index (χ0n) is 11.9. The second kappa shape index (κ2) is 5.75. The van der Waals surface area contributed by atoms with Crippen molar-refractivity contribution < 1.29 is 4.79 Å². The molecule has 0 saturated carbocycles. The molecule has 0 unspecified atom stereocenters. The van der Waals surface area contributed by atoms with Crippen molar-refractivity contribution in [2.75, 3.05) is 37.6 Å². The minimum absolute atomic E-state index is 0.0156. The number of piperazine rings is 1. The maximum Gasteiger partial charge on any atom is 0.272 e. The summed E-state index contributed by atoms with van der Waals surface area (Å²) in [7, 11) is 0. The van der Waals surface area contributed by atoms with Crippen LogP contribution < -0.4 is 10.2 Å². The number of hydrogen-bond donors (Lipinski definition) is 1. The van der Waals surface area contributed by atoms with E-state index in [1.54, 1.807) is 12.3 Å². The lowest BCUT2D eigenvalue weighted by atomic mass is 10.2. The molecule has 2 aliphatic heterocycles. The molecule has 1 N–H and O–H groups in total. The molecule has 3 heterocycles. The van der Waals surface area contributed by atoms with Gasteiger partial charge in [-0.15, -0.1) is 0 Å². The summed E-state index contributed by atoms with van der Waals surface area (Å²) in [6.07, 6.45) is 4.05. The molecule has 2 aliphatic rings. The molecule has 1 aromatic heterocycles. The molecular formula is C14H21N5O. The van der Waals surface area contributed by atoms with Gasteiger partial charge in [0.1, 0.15) is 5.69 Å². The van der Waals surface area contributed by atoms with Crippen LogP contribution in [0.4, 0.5) is 5.95 Å². The lowest BCUT2D eigenvalue weighted by molar-refractivity contribution is 0.0649. The highest BCUT2D eigenvalue weighted by molar-refractivity contribution is 5.92. The first-order valence-corrected chi connectivity index (χ1v) is 7.35. The first kappa shape index (κ1) is 13.3. The van der Waals surface area contributed by atoms with Gasteiger partial charge < -0.3 is 15.1 Å². The number of nitrogens with zero attached hydrogens (tertiary/aromatic N) is 4. The number of rotatable bonds is 2. The molecule has 3 rings (SSSR count). The van der Waals surface area contributed by atoms with E-state index >= 15 is 0 Å². The summed E-state index contributed by atoms with van der Waals surface area (Å²) in [4.78, 5) is 25.4. The highest BCUT2D eigenvalue weighted by Gasteiger charge is 2.25. The predicted octanol–water partition coefficient (Wildman–Crippen LogP) is 0.511. The zero-order valence-corrected chi connectivity index (χ0v) is 11.9. The highest BCUT2D eigenvalue weighted by Crippen LogP contribution is 2.16. The number of amides is 1. The molecule has 6 nitrogen and oxygen atoms in total. The topological polar surface area (TPSA) is 61.4 Å². The van der Waals surface area contributed by atoms with E-state index in [0.717, 1.165) is 32.7 Å². The minimum Gasteiger partial charge on any atom is -0.341 e. The van der Waals surface area contributed by atoms with Gasteiger partial charge >= 0.3 is 0 Å². The third-order valence-corrected chi connectivity index (χ3v) is 4.01. The number of hydrogen-bond acceptors (Lipinski definition) is 5. The van der Waals surface area contributed by atoms with E-state index in [2.05, 4.69) is 27.1 Å². The molecule has 1 amide bonds. The zero-order chi connectivity index (χ0) is 13.9. The molecule has 2 fully saturated rings. The van der Waals surface area contributed by atoms with Crippen molar-refractivity contribution in [1.29, 1.82) is 0 Å². The maximum atomic E-state index is 12.6. The lowest BCUT2D eigenvalue weighted by Crippen LogP contribution is -2.52. The van der Waals surface area contributed by atoms with Gasteiger partial charge in [-0.1, -0.05) is 0 Å². The van der Waals surface area contributed by atoms with E-state index in [-0.39, 0.29) is 11.9 Å². The van der Waals surface area contributed by atoms with E-state index in [4.69, 9.17) is 0 Å². The average molecular weight is 275 g/mol. The van der Waals surface area contributed by atoms with E-state index in [1.165, 1.54) is 12.8 Å². The van der Waals surface area contributed by atoms with Gasteiger partial charge in [0.15, 0.2) is 0 Å². The number of carbonyl (C=O) groups excluding carboxylic acids is 1. The Bertz CT molecular complexity index is 486. The largest absolute Gasteiger partial charge is 0.341 e. The van der Waals surface area contributed by atoms with Crippen LogP contribution in [0.3, 0.4) is 0 Å². The van der Waals surface area contributed by atoms with Crippen molar-refractivity contribution >= 4 is 11.9 Å². The van der Waals surface area contributed by atoms with Gasteiger partial charge in [0.05, 0.1) is 0 Å². The summed E-state index contributed by atoms with van der Waals surface area (Å²) in [5.41, 5.74) is 0.510. The average Bonchev–Trinajstić information content (AvgIpc) is 3.01. The van der Waals surface area contributed by atoms with Crippen molar-refractivity contribution in [2.45, 2.75) is 25.8 Å². The molecule has 2 saturated heterocycles. The van der Waals surface area contributed by atoms with Gasteiger partial charge in [0.25, 0.3) is 5.91 Å². The molecule has 20 heavy (non-hydrogen) atoms. The van der Waals surface area contributed by atoms with E-state index in [1.807, 2.05) is 4.90 Å². The molecule has 1 atom stereocenters. The lowest BCUT2D eigenvalue weighted by Gasteiger charge is -2.33. The number of nitrogens with one attached hydrogen (secondary N) is 1. The number of anilines is 1. The van der Waals surface area contributed by atoms with E-state index < -0.39 is 0 Å². The van der Waals surface area contributed by atoms with Crippen LogP contribution in [0.25, 0.3) is 0 Å². The summed E-state index contributed by atoms with van der Waals surface area (Å²) in [6.45, 7) is 6.47. The van der Waals surface area contributed by atoms with Crippen molar-refractivity contribution in [1.82, 2.24) is 20.2 Å². The number of aromatic nitrogens is 2. The molecule has 108 valence electrons. The van der Waals surface area contributed by atoms with E-state index in [0.29, 0.717) is 11.6 Å². The summed E-state index contributed by atoms with van der Waals surface area (Å²) < 4.78 is 0. The molecule has 0 aliphatic carbocycles. The Labute approximate surface area is 119 Å². The van der Waals surface area contributed by atoms with Crippen LogP contribution >= 0.6 is 0 Å². The molecular weight excluding hydrogens is 254 g/mol. The Morgan fingerprint density at radius 3 is 2.90 bits per heavy atom. The molecule has 0 bridgehead atoms. The second-order valence-electron chi connectivity index (χ2n) is 5.49. The maximum absolute atomic E-state index is 12.6. The van der Waals surface area contributed by atoms with Gasteiger partial charge in [-0.25, -0.2) is 9.97 Å². The predicted molar refractivity (Wildman–Crippen MR) is 76.8 cm³/mol. The van der Waals surface area contributed by atoms with Gasteiger partial charge in [0.2, 0.25) is 5.95 Å². The fourth-order valence-corrected chi connectivity index (χ4v) is 2.83. The van der Waals surface area contributed by atoms with Crippen molar-refractivity contribution in [3.05, 3.63) is 18.0 Å². The van der Waals surface area contributed by atoms with Crippen molar-refractivity contribution in [2.24, 2.45) is 0 Å². The molecule has 6 heteroatoms. The quantitative estimate of drug-likeness (QED) is 0.852.